The van der Waals surface area contributed by atoms with Gasteiger partial charge in [0.25, 0.3) is 0 Å². The summed E-state index contributed by atoms with van der Waals surface area (Å²) < 4.78 is 0. The van der Waals surface area contributed by atoms with Crippen molar-refractivity contribution in [2.45, 2.75) is 83.9 Å². The van der Waals surface area contributed by atoms with E-state index < -0.39 is 28.7 Å². The molecule has 1 fully saturated rings. The van der Waals surface area contributed by atoms with E-state index in [2.05, 4.69) is 11.5 Å². The maximum atomic E-state index is 2.63. The van der Waals surface area contributed by atoms with Crippen LogP contribution in [0.2, 0.25) is 32.5 Å². The van der Waals surface area contributed by atoms with Gasteiger partial charge in [-0.3, -0.25) is 0 Å². The molecule has 2 heteroatoms. The van der Waals surface area contributed by atoms with Crippen LogP contribution in [-0.2, 0) is 0 Å². The van der Waals surface area contributed by atoms with Crippen molar-refractivity contribution in [2.75, 3.05) is 0 Å². The monoisotopic (exact) mass is 346 g/mol. The van der Waals surface area contributed by atoms with Crippen molar-refractivity contribution < 1.29 is 0 Å². The first-order valence-electron chi connectivity index (χ1n) is 7.41. The molecule has 1 aliphatic heterocycles. The second-order valence-electron chi connectivity index (χ2n) is 5.74. The summed E-state index contributed by atoms with van der Waals surface area (Å²) in [7, 11) is 0. The molecule has 1 rings (SSSR count). The topological polar surface area (TPSA) is 0 Å². The summed E-state index contributed by atoms with van der Waals surface area (Å²) in [4.78, 5) is 0. The van der Waals surface area contributed by atoms with E-state index in [-0.39, 0.29) is 0 Å². The zero-order chi connectivity index (χ0) is 11.6. The predicted octanol–water partition coefficient (Wildman–Crippen LogP) is 5.37. The fraction of sp³-hybridized carbons (Fsp3) is 1.00. The van der Waals surface area contributed by atoms with Gasteiger partial charge in [-0.15, -0.1) is 0 Å². The molecule has 1 saturated heterocycles. The van der Waals surface area contributed by atoms with Gasteiger partial charge in [0.05, 0.1) is 0 Å². The van der Waals surface area contributed by atoms with Crippen LogP contribution in [-0.4, -0.2) is 28.7 Å². The molecule has 16 heavy (non-hydrogen) atoms. The zero-order valence-corrected chi connectivity index (χ0v) is 15.7. The van der Waals surface area contributed by atoms with Crippen LogP contribution in [0.25, 0.3) is 0 Å². The van der Waals surface area contributed by atoms with E-state index in [4.69, 9.17) is 0 Å². The van der Waals surface area contributed by atoms with Crippen LogP contribution in [0, 0.1) is 0 Å². The fourth-order valence-corrected chi connectivity index (χ4v) is 10.9. The summed E-state index contributed by atoms with van der Waals surface area (Å²) >= 11 is -1.07. The average Bonchev–Trinajstić information content (AvgIpc) is 2.27. The van der Waals surface area contributed by atoms with Gasteiger partial charge in [-0.1, -0.05) is 0 Å². The Bertz CT molecular complexity index is 125. The normalized spacial score (nSPS) is 25.1. The molecule has 0 amide bonds. The molecule has 0 nitrogen and oxygen atoms in total. The Balaban J connectivity index is 2.18. The first-order valence-corrected chi connectivity index (χ1v) is 17.5. The van der Waals surface area contributed by atoms with Crippen LogP contribution < -0.4 is 0 Å². The minimum absolute atomic E-state index is 0.536. The molecular weight excluding hydrogens is 313 g/mol. The predicted molar refractivity (Wildman–Crippen MR) is 79.4 cm³/mol. The second-order valence-corrected chi connectivity index (χ2v) is 18.0. The Morgan fingerprint density at radius 1 is 0.438 bits per heavy atom. The first kappa shape index (κ1) is 15.1. The maximum absolute atomic E-state index is 2.63. The van der Waals surface area contributed by atoms with E-state index in [1.165, 1.54) is 0 Å². The number of hydrogen-bond acceptors (Lipinski definition) is 0. The molecule has 0 spiro atoms. The Hall–Kier alpha value is 1.09. The third kappa shape index (κ3) is 8.22. The third-order valence-corrected chi connectivity index (χ3v) is 14.0. The standard InChI is InChI=1S/C14H30Ge2/c1-15-11-7-3-5-9-13-16(2)14-10-6-4-8-12-15/h3-14H2,1-2H3. The molecule has 94 valence electrons. The zero-order valence-electron chi connectivity index (χ0n) is 11.5. The van der Waals surface area contributed by atoms with E-state index in [1.54, 1.807) is 72.4 Å². The summed E-state index contributed by atoms with van der Waals surface area (Å²) in [6.07, 6.45) is 12.5. The fourth-order valence-electron chi connectivity index (χ4n) is 2.66. The van der Waals surface area contributed by atoms with Gasteiger partial charge >= 0.3 is 113 Å². The summed E-state index contributed by atoms with van der Waals surface area (Å²) in [6, 6.07) is 0. The summed E-state index contributed by atoms with van der Waals surface area (Å²) in [6.45, 7) is 0. The molecule has 1 aliphatic rings. The third-order valence-electron chi connectivity index (χ3n) is 3.91. The molecule has 0 bridgehead atoms. The van der Waals surface area contributed by atoms with Crippen molar-refractivity contribution in [3.05, 3.63) is 0 Å². The van der Waals surface area contributed by atoms with Gasteiger partial charge in [-0.05, 0) is 0 Å². The summed E-state index contributed by atoms with van der Waals surface area (Å²) in [5.74, 6) is 5.25. The minimum atomic E-state index is -0.536. The first-order chi connectivity index (χ1) is 7.79. The Morgan fingerprint density at radius 2 is 0.688 bits per heavy atom. The summed E-state index contributed by atoms with van der Waals surface area (Å²) in [5, 5.41) is 6.65. The molecule has 0 aromatic carbocycles. The van der Waals surface area contributed by atoms with Gasteiger partial charge in [0.2, 0.25) is 0 Å². The molecule has 2 radical (unpaired) electrons. The summed E-state index contributed by atoms with van der Waals surface area (Å²) in [5.41, 5.74) is 0. The van der Waals surface area contributed by atoms with Crippen LogP contribution in [0.3, 0.4) is 0 Å². The quantitative estimate of drug-likeness (QED) is 0.519. The van der Waals surface area contributed by atoms with Gasteiger partial charge in [-0.25, -0.2) is 0 Å². The Morgan fingerprint density at radius 3 is 0.938 bits per heavy atom. The molecule has 0 aromatic heterocycles. The van der Waals surface area contributed by atoms with Crippen molar-refractivity contribution in [1.82, 2.24) is 0 Å². The SMILES string of the molecule is [CH3][Ge]1[CH2]CCCC[CH2][Ge]([CH3])[CH2]CCCC[CH2]1. The van der Waals surface area contributed by atoms with E-state index in [0.717, 1.165) is 0 Å². The van der Waals surface area contributed by atoms with Gasteiger partial charge in [-0.2, -0.15) is 0 Å². The number of rotatable bonds is 0. The molecule has 1 heterocycles. The number of hydrogen-bond donors (Lipinski definition) is 0. The van der Waals surface area contributed by atoms with E-state index in [0.29, 0.717) is 0 Å². The average molecular weight is 344 g/mol. The van der Waals surface area contributed by atoms with Crippen LogP contribution in [0.5, 0.6) is 0 Å². The Kier molecular flexibility index (Phi) is 9.51. The van der Waals surface area contributed by atoms with Crippen molar-refractivity contribution in [3.63, 3.8) is 0 Å². The molecule has 0 saturated carbocycles. The van der Waals surface area contributed by atoms with Crippen molar-refractivity contribution in [3.8, 4) is 0 Å². The molecule has 0 N–H and O–H groups in total. The van der Waals surface area contributed by atoms with Gasteiger partial charge < -0.3 is 0 Å². The van der Waals surface area contributed by atoms with Crippen molar-refractivity contribution >= 4 is 28.7 Å². The van der Waals surface area contributed by atoms with Gasteiger partial charge in [0.1, 0.15) is 0 Å². The van der Waals surface area contributed by atoms with Crippen LogP contribution in [0.1, 0.15) is 51.4 Å². The molecule has 0 aliphatic carbocycles. The van der Waals surface area contributed by atoms with Crippen molar-refractivity contribution in [1.29, 1.82) is 0 Å². The molecule has 0 unspecified atom stereocenters. The molecule has 0 aromatic rings. The van der Waals surface area contributed by atoms with Crippen molar-refractivity contribution in [2.24, 2.45) is 0 Å². The van der Waals surface area contributed by atoms with E-state index in [9.17, 15) is 0 Å². The van der Waals surface area contributed by atoms with Crippen LogP contribution in [0.4, 0.5) is 0 Å². The van der Waals surface area contributed by atoms with Gasteiger partial charge in [0.15, 0.2) is 0 Å². The van der Waals surface area contributed by atoms with Crippen LogP contribution in [0.15, 0.2) is 0 Å². The van der Waals surface area contributed by atoms with E-state index in [1.807, 2.05) is 0 Å². The molecular formula is C14H30Ge2. The van der Waals surface area contributed by atoms with Crippen LogP contribution >= 0.6 is 0 Å². The molecule has 0 atom stereocenters. The van der Waals surface area contributed by atoms with E-state index >= 15 is 0 Å². The Labute approximate surface area is 112 Å². The van der Waals surface area contributed by atoms with Gasteiger partial charge in [0, 0.05) is 0 Å². The second kappa shape index (κ2) is 10.0.